The molecule has 0 saturated carbocycles. The molecule has 126 valence electrons. The van der Waals surface area contributed by atoms with Gasteiger partial charge in [-0.15, -0.1) is 10.2 Å². The highest BCUT2D eigenvalue weighted by molar-refractivity contribution is 6.04. The van der Waals surface area contributed by atoms with Crippen LogP contribution in [-0.4, -0.2) is 23.2 Å². The summed E-state index contributed by atoms with van der Waals surface area (Å²) in [7, 11) is 1.62. The first-order chi connectivity index (χ1) is 12.2. The molecule has 0 aliphatic heterocycles. The largest absolute Gasteiger partial charge is 0.497 e. The summed E-state index contributed by atoms with van der Waals surface area (Å²) in [5.41, 5.74) is 2.39. The number of aryl methyl sites for hydroxylation is 1. The van der Waals surface area contributed by atoms with Crippen LogP contribution in [0.2, 0.25) is 0 Å². The van der Waals surface area contributed by atoms with Crippen LogP contribution in [0.25, 0.3) is 0 Å². The summed E-state index contributed by atoms with van der Waals surface area (Å²) in [6.07, 6.45) is 0. The second-order valence-corrected chi connectivity index (χ2v) is 5.43. The summed E-state index contributed by atoms with van der Waals surface area (Å²) in [6, 6.07) is 18.3. The number of benzene rings is 2. The maximum Gasteiger partial charge on any atom is 0.257 e. The highest BCUT2D eigenvalue weighted by Crippen LogP contribution is 2.19. The Balaban J connectivity index is 1.65. The number of nitrogens with zero attached hydrogens (tertiary/aromatic N) is 2. The van der Waals surface area contributed by atoms with E-state index in [4.69, 9.17) is 4.74 Å². The Morgan fingerprint density at radius 3 is 2.24 bits per heavy atom. The van der Waals surface area contributed by atoms with Gasteiger partial charge in [-0.25, -0.2) is 0 Å². The number of rotatable bonds is 5. The summed E-state index contributed by atoms with van der Waals surface area (Å²) >= 11 is 0. The highest BCUT2D eigenvalue weighted by Gasteiger charge is 2.09. The summed E-state index contributed by atoms with van der Waals surface area (Å²) in [4.78, 5) is 12.3. The normalized spacial score (nSPS) is 10.2. The van der Waals surface area contributed by atoms with E-state index in [-0.39, 0.29) is 5.91 Å². The van der Waals surface area contributed by atoms with E-state index in [0.29, 0.717) is 17.2 Å². The molecule has 0 spiro atoms. The van der Waals surface area contributed by atoms with Crippen LogP contribution in [0.1, 0.15) is 15.9 Å². The molecule has 3 aromatic rings. The van der Waals surface area contributed by atoms with Gasteiger partial charge in [0, 0.05) is 11.3 Å². The van der Waals surface area contributed by atoms with Crippen LogP contribution in [0, 0.1) is 6.92 Å². The van der Waals surface area contributed by atoms with E-state index in [1.54, 1.807) is 25.3 Å². The zero-order valence-electron chi connectivity index (χ0n) is 14.0. The minimum absolute atomic E-state index is 0.205. The van der Waals surface area contributed by atoms with Gasteiger partial charge < -0.3 is 15.4 Å². The molecule has 25 heavy (non-hydrogen) atoms. The summed E-state index contributed by atoms with van der Waals surface area (Å²) in [5, 5.41) is 14.0. The number of hydrogen-bond acceptors (Lipinski definition) is 5. The number of anilines is 3. The van der Waals surface area contributed by atoms with Crippen LogP contribution in [0.3, 0.4) is 0 Å². The van der Waals surface area contributed by atoms with E-state index >= 15 is 0 Å². The Labute approximate surface area is 145 Å². The van der Waals surface area contributed by atoms with Crippen molar-refractivity contribution >= 4 is 23.2 Å². The molecular formula is C19H18N4O2. The Hall–Kier alpha value is -3.41. The van der Waals surface area contributed by atoms with Crippen LogP contribution >= 0.6 is 0 Å². The van der Waals surface area contributed by atoms with E-state index < -0.39 is 0 Å². The third-order valence-corrected chi connectivity index (χ3v) is 3.66. The Morgan fingerprint density at radius 2 is 1.60 bits per heavy atom. The molecular weight excluding hydrogens is 316 g/mol. The lowest BCUT2D eigenvalue weighted by molar-refractivity contribution is 0.102. The maximum absolute atomic E-state index is 12.3. The number of aromatic nitrogens is 2. The molecule has 6 nitrogen and oxygen atoms in total. The van der Waals surface area contributed by atoms with Crippen molar-refractivity contribution in [1.82, 2.24) is 10.2 Å². The molecule has 0 radical (unpaired) electrons. The molecule has 3 rings (SSSR count). The summed E-state index contributed by atoms with van der Waals surface area (Å²) in [5.74, 6) is 1.56. The average molecular weight is 334 g/mol. The molecule has 0 aliphatic carbocycles. The number of carbonyl (C=O) groups is 1. The van der Waals surface area contributed by atoms with Crippen LogP contribution in [0.4, 0.5) is 17.3 Å². The van der Waals surface area contributed by atoms with Gasteiger partial charge in [0.1, 0.15) is 5.75 Å². The lowest BCUT2D eigenvalue weighted by Crippen LogP contribution is -2.14. The smallest absolute Gasteiger partial charge is 0.257 e. The number of amides is 1. The molecule has 2 N–H and O–H groups in total. The number of ether oxygens (including phenoxy) is 1. The molecule has 1 heterocycles. The topological polar surface area (TPSA) is 76.1 Å². The van der Waals surface area contributed by atoms with Crippen LogP contribution in [0.15, 0.2) is 60.7 Å². The molecule has 0 bridgehead atoms. The highest BCUT2D eigenvalue weighted by atomic mass is 16.5. The molecule has 0 saturated heterocycles. The predicted molar refractivity (Wildman–Crippen MR) is 97.4 cm³/mol. The fourth-order valence-corrected chi connectivity index (χ4v) is 2.30. The molecule has 0 unspecified atom stereocenters. The van der Waals surface area contributed by atoms with E-state index in [9.17, 15) is 4.79 Å². The van der Waals surface area contributed by atoms with Gasteiger partial charge in [0.25, 0.3) is 5.91 Å². The minimum atomic E-state index is -0.205. The van der Waals surface area contributed by atoms with E-state index in [1.165, 1.54) is 0 Å². The fraction of sp³-hybridized carbons (Fsp3) is 0.105. The Morgan fingerprint density at radius 1 is 0.920 bits per heavy atom. The number of carbonyl (C=O) groups excluding carboxylic acids is 1. The minimum Gasteiger partial charge on any atom is -0.497 e. The fourth-order valence-electron chi connectivity index (χ4n) is 2.30. The van der Waals surface area contributed by atoms with Crippen molar-refractivity contribution in [3.05, 3.63) is 71.8 Å². The van der Waals surface area contributed by atoms with E-state index in [2.05, 4.69) is 20.8 Å². The van der Waals surface area contributed by atoms with E-state index in [1.807, 2.05) is 49.4 Å². The monoisotopic (exact) mass is 334 g/mol. The van der Waals surface area contributed by atoms with Crippen molar-refractivity contribution in [2.24, 2.45) is 0 Å². The Kier molecular flexibility index (Phi) is 4.89. The van der Waals surface area contributed by atoms with Gasteiger partial charge in [0.05, 0.1) is 7.11 Å². The van der Waals surface area contributed by atoms with Gasteiger partial charge in [0.15, 0.2) is 11.6 Å². The second kappa shape index (κ2) is 7.44. The van der Waals surface area contributed by atoms with Crippen LogP contribution in [0.5, 0.6) is 5.75 Å². The standard InChI is InChI=1S/C19H18N4O2/c1-13-5-3-4-6-16(13)19(24)21-18-12-11-17(22-23-18)20-14-7-9-15(25-2)10-8-14/h3-12H,1-2H3,(H,20,22)(H,21,23,24). The molecule has 0 aliphatic rings. The summed E-state index contributed by atoms with van der Waals surface area (Å²) in [6.45, 7) is 1.89. The Bertz CT molecular complexity index is 861. The van der Waals surface area contributed by atoms with Gasteiger partial charge in [0.2, 0.25) is 0 Å². The van der Waals surface area contributed by atoms with Gasteiger partial charge in [-0.3, -0.25) is 4.79 Å². The molecule has 0 atom stereocenters. The zero-order chi connectivity index (χ0) is 17.6. The first-order valence-electron chi connectivity index (χ1n) is 7.77. The molecule has 0 fully saturated rings. The van der Waals surface area contributed by atoms with Crippen molar-refractivity contribution in [3.8, 4) is 5.75 Å². The predicted octanol–water partition coefficient (Wildman–Crippen LogP) is 3.79. The van der Waals surface area contributed by atoms with Crippen molar-refractivity contribution in [2.75, 3.05) is 17.7 Å². The zero-order valence-corrected chi connectivity index (χ0v) is 14.0. The quantitative estimate of drug-likeness (QED) is 0.742. The lowest BCUT2D eigenvalue weighted by Gasteiger charge is -2.08. The SMILES string of the molecule is COc1ccc(Nc2ccc(NC(=O)c3ccccc3C)nn2)cc1. The van der Waals surface area contributed by atoms with Crippen molar-refractivity contribution in [1.29, 1.82) is 0 Å². The average Bonchev–Trinajstić information content (AvgIpc) is 2.64. The first kappa shape index (κ1) is 16.4. The molecule has 1 amide bonds. The van der Waals surface area contributed by atoms with Gasteiger partial charge in [-0.1, -0.05) is 18.2 Å². The van der Waals surface area contributed by atoms with Crippen molar-refractivity contribution in [3.63, 3.8) is 0 Å². The molecule has 6 heteroatoms. The summed E-state index contributed by atoms with van der Waals surface area (Å²) < 4.78 is 5.12. The molecule has 2 aromatic carbocycles. The number of methoxy groups -OCH3 is 1. The maximum atomic E-state index is 12.3. The van der Waals surface area contributed by atoms with Crippen LogP contribution in [-0.2, 0) is 0 Å². The lowest BCUT2D eigenvalue weighted by atomic mass is 10.1. The van der Waals surface area contributed by atoms with Crippen molar-refractivity contribution in [2.45, 2.75) is 6.92 Å². The van der Waals surface area contributed by atoms with Gasteiger partial charge in [-0.05, 0) is 55.0 Å². The first-order valence-corrected chi connectivity index (χ1v) is 7.77. The third-order valence-electron chi connectivity index (χ3n) is 3.66. The van der Waals surface area contributed by atoms with Gasteiger partial charge in [-0.2, -0.15) is 0 Å². The molecule has 1 aromatic heterocycles. The van der Waals surface area contributed by atoms with E-state index in [0.717, 1.165) is 17.0 Å². The number of hydrogen-bond donors (Lipinski definition) is 2. The van der Waals surface area contributed by atoms with Gasteiger partial charge >= 0.3 is 0 Å². The number of nitrogens with one attached hydrogen (secondary N) is 2. The third kappa shape index (κ3) is 4.11. The van der Waals surface area contributed by atoms with Crippen molar-refractivity contribution < 1.29 is 9.53 Å². The van der Waals surface area contributed by atoms with Crippen LogP contribution < -0.4 is 15.4 Å². The second-order valence-electron chi connectivity index (χ2n) is 5.43.